The summed E-state index contributed by atoms with van der Waals surface area (Å²) in [6.45, 7) is 4.23. The van der Waals surface area contributed by atoms with Crippen LogP contribution >= 0.6 is 0 Å². The van der Waals surface area contributed by atoms with Crippen LogP contribution in [0.4, 0.5) is 4.39 Å². The average molecular weight is 422 g/mol. The van der Waals surface area contributed by atoms with Crippen molar-refractivity contribution >= 4 is 15.9 Å². The zero-order valence-corrected chi connectivity index (χ0v) is 17.2. The van der Waals surface area contributed by atoms with E-state index in [9.17, 15) is 17.6 Å². The number of rotatable bonds is 7. The Hall–Kier alpha value is -2.65. The largest absolute Gasteiger partial charge is 0.488 e. The van der Waals surface area contributed by atoms with E-state index in [-0.39, 0.29) is 29.2 Å². The fraction of sp³-hybridized carbons (Fsp3) is 0.350. The summed E-state index contributed by atoms with van der Waals surface area (Å²) in [5.74, 6) is -0.264. The molecule has 1 aliphatic heterocycles. The molecule has 0 fully saturated rings. The number of hydrogen-bond donors (Lipinski definition) is 2. The molecule has 29 heavy (non-hydrogen) atoms. The molecule has 0 spiro atoms. The van der Waals surface area contributed by atoms with E-state index in [2.05, 4.69) is 10.0 Å². The van der Waals surface area contributed by atoms with Crippen LogP contribution in [0.3, 0.4) is 0 Å². The lowest BCUT2D eigenvalue weighted by molar-refractivity contribution is 0.0942. The van der Waals surface area contributed by atoms with Crippen LogP contribution in [0.1, 0.15) is 29.8 Å². The van der Waals surface area contributed by atoms with E-state index in [1.807, 2.05) is 26.0 Å². The van der Waals surface area contributed by atoms with Crippen LogP contribution < -0.4 is 19.5 Å². The SMILES string of the molecule is CNS(=O)(=O)c1ccc(F)c(C(=O)NCCOc2cccc3c2OC(C)(C)C3)c1. The molecule has 0 aromatic heterocycles. The van der Waals surface area contributed by atoms with Crippen LogP contribution in [0.15, 0.2) is 41.3 Å². The number of carbonyl (C=O) groups is 1. The molecule has 3 rings (SSSR count). The molecule has 1 amide bonds. The molecule has 2 aromatic carbocycles. The topological polar surface area (TPSA) is 93.7 Å². The van der Waals surface area contributed by atoms with E-state index >= 15 is 0 Å². The number of hydrogen-bond acceptors (Lipinski definition) is 5. The lowest BCUT2D eigenvalue weighted by Crippen LogP contribution is -2.29. The first-order valence-corrected chi connectivity index (χ1v) is 10.6. The summed E-state index contributed by atoms with van der Waals surface area (Å²) in [7, 11) is -2.55. The van der Waals surface area contributed by atoms with Gasteiger partial charge in [0.2, 0.25) is 10.0 Å². The summed E-state index contributed by atoms with van der Waals surface area (Å²) in [5, 5.41) is 2.53. The maximum atomic E-state index is 14.0. The Labute approximate surface area is 169 Å². The number of ether oxygens (including phenoxy) is 2. The molecule has 0 saturated carbocycles. The van der Waals surface area contributed by atoms with Gasteiger partial charge in [-0.05, 0) is 45.2 Å². The van der Waals surface area contributed by atoms with Gasteiger partial charge in [0.15, 0.2) is 11.5 Å². The second kappa shape index (κ2) is 8.00. The number of para-hydroxylation sites is 1. The third kappa shape index (κ3) is 4.68. The normalized spacial score (nSPS) is 14.8. The highest BCUT2D eigenvalue weighted by Crippen LogP contribution is 2.41. The molecule has 2 aromatic rings. The Morgan fingerprint density at radius 1 is 1.28 bits per heavy atom. The number of carbonyl (C=O) groups excluding carboxylic acids is 1. The molecule has 0 aliphatic carbocycles. The summed E-state index contributed by atoms with van der Waals surface area (Å²) in [6, 6.07) is 8.68. The number of fused-ring (bicyclic) bond motifs is 1. The van der Waals surface area contributed by atoms with Crippen LogP contribution in [0, 0.1) is 5.82 Å². The van der Waals surface area contributed by atoms with Crippen molar-refractivity contribution in [2.75, 3.05) is 20.2 Å². The summed E-state index contributed by atoms with van der Waals surface area (Å²) in [6.07, 6.45) is 0.779. The Kier molecular flexibility index (Phi) is 5.81. The predicted molar refractivity (Wildman–Crippen MR) is 105 cm³/mol. The van der Waals surface area contributed by atoms with Gasteiger partial charge in [0.05, 0.1) is 17.0 Å². The van der Waals surface area contributed by atoms with Gasteiger partial charge in [-0.15, -0.1) is 0 Å². The van der Waals surface area contributed by atoms with Crippen LogP contribution in [-0.4, -0.2) is 40.1 Å². The number of benzene rings is 2. The summed E-state index contributed by atoms with van der Waals surface area (Å²) < 4.78 is 51.4. The van der Waals surface area contributed by atoms with Crippen molar-refractivity contribution in [3.05, 3.63) is 53.3 Å². The molecule has 9 heteroatoms. The standard InChI is InChI=1S/C20H23FN2O5S/c1-20(2)12-13-5-4-6-17(18(13)28-20)27-10-9-23-19(24)15-11-14(7-8-16(15)21)29(25,26)22-3/h4-8,11,22H,9-10,12H2,1-3H3,(H,23,24). The van der Waals surface area contributed by atoms with Crippen molar-refractivity contribution < 1.29 is 27.1 Å². The highest BCUT2D eigenvalue weighted by atomic mass is 32.2. The molecule has 0 radical (unpaired) electrons. The smallest absolute Gasteiger partial charge is 0.254 e. The Bertz CT molecular complexity index is 1040. The van der Waals surface area contributed by atoms with E-state index in [0.29, 0.717) is 11.5 Å². The van der Waals surface area contributed by atoms with Crippen LogP contribution in [-0.2, 0) is 16.4 Å². The molecule has 2 N–H and O–H groups in total. The van der Waals surface area contributed by atoms with E-state index in [4.69, 9.17) is 9.47 Å². The molecule has 0 atom stereocenters. The van der Waals surface area contributed by atoms with Crippen molar-refractivity contribution in [3.8, 4) is 11.5 Å². The molecule has 156 valence electrons. The fourth-order valence-electron chi connectivity index (χ4n) is 3.09. The second-order valence-corrected chi connectivity index (χ2v) is 9.12. The van der Waals surface area contributed by atoms with Gasteiger partial charge in [-0.3, -0.25) is 4.79 Å². The first-order chi connectivity index (χ1) is 13.6. The van der Waals surface area contributed by atoms with Gasteiger partial charge in [-0.25, -0.2) is 17.5 Å². The van der Waals surface area contributed by atoms with Gasteiger partial charge >= 0.3 is 0 Å². The van der Waals surface area contributed by atoms with E-state index in [0.717, 1.165) is 30.2 Å². The summed E-state index contributed by atoms with van der Waals surface area (Å²) in [5.41, 5.74) is 0.403. The maximum absolute atomic E-state index is 14.0. The zero-order chi connectivity index (χ0) is 21.2. The Morgan fingerprint density at radius 3 is 2.76 bits per heavy atom. The van der Waals surface area contributed by atoms with Crippen LogP contribution in [0.2, 0.25) is 0 Å². The molecule has 1 aliphatic rings. The van der Waals surface area contributed by atoms with Crippen molar-refractivity contribution in [1.29, 1.82) is 0 Å². The van der Waals surface area contributed by atoms with Crippen LogP contribution in [0.5, 0.6) is 11.5 Å². The minimum absolute atomic E-state index is 0.105. The molecular weight excluding hydrogens is 399 g/mol. The summed E-state index contributed by atoms with van der Waals surface area (Å²) >= 11 is 0. The van der Waals surface area contributed by atoms with E-state index < -0.39 is 21.7 Å². The average Bonchev–Trinajstić information content (AvgIpc) is 2.99. The lowest BCUT2D eigenvalue weighted by Gasteiger charge is -2.18. The van der Waals surface area contributed by atoms with Crippen molar-refractivity contribution in [2.45, 2.75) is 30.8 Å². The van der Waals surface area contributed by atoms with Crippen molar-refractivity contribution in [2.24, 2.45) is 0 Å². The van der Waals surface area contributed by atoms with Crippen molar-refractivity contribution in [3.63, 3.8) is 0 Å². The van der Waals surface area contributed by atoms with Gasteiger partial charge in [0.25, 0.3) is 5.91 Å². The maximum Gasteiger partial charge on any atom is 0.254 e. The minimum atomic E-state index is -3.78. The quantitative estimate of drug-likeness (QED) is 0.668. The van der Waals surface area contributed by atoms with Gasteiger partial charge < -0.3 is 14.8 Å². The number of sulfonamides is 1. The first-order valence-electron chi connectivity index (χ1n) is 9.08. The molecule has 1 heterocycles. The van der Waals surface area contributed by atoms with Crippen molar-refractivity contribution in [1.82, 2.24) is 10.0 Å². The Morgan fingerprint density at radius 2 is 2.03 bits per heavy atom. The summed E-state index contributed by atoms with van der Waals surface area (Å²) in [4.78, 5) is 12.1. The lowest BCUT2D eigenvalue weighted by atomic mass is 10.0. The Balaban J connectivity index is 1.61. The zero-order valence-electron chi connectivity index (χ0n) is 16.4. The third-order valence-corrected chi connectivity index (χ3v) is 5.87. The molecular formula is C20H23FN2O5S. The molecule has 0 unspecified atom stereocenters. The van der Waals surface area contributed by atoms with Gasteiger partial charge in [0, 0.05) is 12.0 Å². The monoisotopic (exact) mass is 422 g/mol. The predicted octanol–water partition coefficient (Wildman–Crippen LogP) is 2.26. The highest BCUT2D eigenvalue weighted by Gasteiger charge is 2.32. The molecule has 0 saturated heterocycles. The third-order valence-electron chi connectivity index (χ3n) is 4.46. The second-order valence-electron chi connectivity index (χ2n) is 7.24. The fourth-order valence-corrected chi connectivity index (χ4v) is 3.84. The number of nitrogens with one attached hydrogen (secondary N) is 2. The van der Waals surface area contributed by atoms with Gasteiger partial charge in [-0.1, -0.05) is 12.1 Å². The number of amides is 1. The molecule has 7 nitrogen and oxygen atoms in total. The first kappa shape index (κ1) is 21.1. The van der Waals surface area contributed by atoms with E-state index in [1.165, 1.54) is 7.05 Å². The van der Waals surface area contributed by atoms with Crippen LogP contribution in [0.25, 0.3) is 0 Å². The molecule has 0 bridgehead atoms. The minimum Gasteiger partial charge on any atom is -0.488 e. The van der Waals surface area contributed by atoms with E-state index in [1.54, 1.807) is 6.07 Å². The number of halogens is 1. The van der Waals surface area contributed by atoms with Gasteiger partial charge in [0.1, 0.15) is 18.0 Å². The highest BCUT2D eigenvalue weighted by molar-refractivity contribution is 7.89. The van der Waals surface area contributed by atoms with Gasteiger partial charge in [-0.2, -0.15) is 0 Å².